The lowest BCUT2D eigenvalue weighted by atomic mass is 10.4. The largest absolute Gasteiger partial charge is 0.351 e. The predicted octanol–water partition coefficient (Wildman–Crippen LogP) is -0.864. The summed E-state index contributed by atoms with van der Waals surface area (Å²) < 4.78 is 2.55. The number of hydrogen-bond donors (Lipinski definition) is 1. The molecule has 0 aliphatic heterocycles. The zero-order chi connectivity index (χ0) is 14.0. The van der Waals surface area contributed by atoms with E-state index in [-0.39, 0.29) is 18.0 Å². The normalized spacial score (nSPS) is 10.6. The SMILES string of the molecule is C=CCNC(=O)Cn1nnc2c(C)n(C)nc2c1=O. The van der Waals surface area contributed by atoms with Crippen molar-refractivity contribution in [2.75, 3.05) is 6.54 Å². The maximum absolute atomic E-state index is 12.1. The van der Waals surface area contributed by atoms with Crippen LogP contribution in [0, 0.1) is 6.92 Å². The smallest absolute Gasteiger partial charge is 0.298 e. The summed E-state index contributed by atoms with van der Waals surface area (Å²) in [6, 6.07) is 0. The number of amides is 1. The highest BCUT2D eigenvalue weighted by Gasteiger charge is 2.14. The summed E-state index contributed by atoms with van der Waals surface area (Å²) in [5.41, 5.74) is 0.993. The van der Waals surface area contributed by atoms with Crippen LogP contribution in [-0.2, 0) is 18.4 Å². The number of hydrogen-bond acceptors (Lipinski definition) is 5. The van der Waals surface area contributed by atoms with Crippen LogP contribution in [-0.4, -0.2) is 37.2 Å². The van der Waals surface area contributed by atoms with Crippen molar-refractivity contribution >= 4 is 16.9 Å². The van der Waals surface area contributed by atoms with E-state index in [0.29, 0.717) is 12.1 Å². The van der Waals surface area contributed by atoms with Crippen LogP contribution < -0.4 is 10.9 Å². The van der Waals surface area contributed by atoms with E-state index < -0.39 is 5.56 Å². The maximum atomic E-state index is 12.1. The first-order valence-electron chi connectivity index (χ1n) is 5.69. The van der Waals surface area contributed by atoms with Crippen LogP contribution in [0.25, 0.3) is 11.0 Å². The molecule has 2 rings (SSSR count). The van der Waals surface area contributed by atoms with Gasteiger partial charge in [-0.25, -0.2) is 0 Å². The van der Waals surface area contributed by atoms with Crippen LogP contribution in [0.4, 0.5) is 0 Å². The van der Waals surface area contributed by atoms with Gasteiger partial charge in [0, 0.05) is 13.6 Å². The molecule has 0 unspecified atom stereocenters. The highest BCUT2D eigenvalue weighted by atomic mass is 16.2. The molecular formula is C11H14N6O2. The first kappa shape index (κ1) is 12.9. The second kappa shape index (κ2) is 5.01. The van der Waals surface area contributed by atoms with E-state index in [9.17, 15) is 9.59 Å². The molecule has 2 aromatic heterocycles. The molecule has 2 heterocycles. The van der Waals surface area contributed by atoms with E-state index >= 15 is 0 Å². The fraction of sp³-hybridized carbons (Fsp3) is 0.364. The van der Waals surface area contributed by atoms with Crippen LogP contribution in [0.3, 0.4) is 0 Å². The van der Waals surface area contributed by atoms with E-state index in [1.807, 2.05) is 0 Å². The Hall–Kier alpha value is -2.51. The molecule has 0 saturated carbocycles. The highest BCUT2D eigenvalue weighted by molar-refractivity contribution is 5.77. The van der Waals surface area contributed by atoms with Gasteiger partial charge in [0.1, 0.15) is 12.1 Å². The molecule has 0 bridgehead atoms. The Morgan fingerprint density at radius 1 is 1.47 bits per heavy atom. The van der Waals surface area contributed by atoms with E-state index in [2.05, 4.69) is 27.3 Å². The van der Waals surface area contributed by atoms with Crippen LogP contribution in [0.5, 0.6) is 0 Å². The first-order chi connectivity index (χ1) is 9.04. The molecule has 0 radical (unpaired) electrons. The second-order valence-corrected chi connectivity index (χ2v) is 4.05. The Kier molecular flexibility index (Phi) is 3.41. The Labute approximate surface area is 108 Å². The highest BCUT2D eigenvalue weighted by Crippen LogP contribution is 2.08. The van der Waals surface area contributed by atoms with Gasteiger partial charge in [-0.2, -0.15) is 9.78 Å². The molecule has 0 aromatic carbocycles. The van der Waals surface area contributed by atoms with Crippen molar-refractivity contribution in [3.63, 3.8) is 0 Å². The van der Waals surface area contributed by atoms with Crippen molar-refractivity contribution in [1.29, 1.82) is 0 Å². The number of aromatic nitrogens is 5. The molecule has 0 aliphatic carbocycles. The quantitative estimate of drug-likeness (QED) is 0.723. The van der Waals surface area contributed by atoms with Crippen molar-refractivity contribution in [2.24, 2.45) is 7.05 Å². The molecule has 0 aliphatic rings. The van der Waals surface area contributed by atoms with Gasteiger partial charge in [-0.15, -0.1) is 11.7 Å². The lowest BCUT2D eigenvalue weighted by Gasteiger charge is -2.03. The predicted molar refractivity (Wildman–Crippen MR) is 68.5 cm³/mol. The van der Waals surface area contributed by atoms with Gasteiger partial charge in [-0.05, 0) is 6.92 Å². The van der Waals surface area contributed by atoms with Crippen molar-refractivity contribution in [3.05, 3.63) is 28.7 Å². The number of carbonyl (C=O) groups excluding carboxylic acids is 1. The molecule has 8 heteroatoms. The topological polar surface area (TPSA) is 94.7 Å². The molecule has 1 amide bonds. The second-order valence-electron chi connectivity index (χ2n) is 4.05. The van der Waals surface area contributed by atoms with Crippen LogP contribution in [0.2, 0.25) is 0 Å². The Balaban J connectivity index is 2.35. The fourth-order valence-electron chi connectivity index (χ4n) is 1.60. The molecule has 19 heavy (non-hydrogen) atoms. The molecule has 0 atom stereocenters. The minimum atomic E-state index is -0.428. The summed E-state index contributed by atoms with van der Waals surface area (Å²) in [4.78, 5) is 23.6. The number of fused-ring (bicyclic) bond motifs is 1. The van der Waals surface area contributed by atoms with Crippen molar-refractivity contribution in [1.82, 2.24) is 30.1 Å². The van der Waals surface area contributed by atoms with Gasteiger partial charge in [0.25, 0.3) is 5.56 Å². The molecule has 0 fully saturated rings. The van der Waals surface area contributed by atoms with Gasteiger partial charge in [0.15, 0.2) is 5.52 Å². The van der Waals surface area contributed by atoms with Gasteiger partial charge >= 0.3 is 0 Å². The van der Waals surface area contributed by atoms with E-state index in [1.165, 1.54) is 0 Å². The lowest BCUT2D eigenvalue weighted by Crippen LogP contribution is -2.34. The molecule has 100 valence electrons. The minimum Gasteiger partial charge on any atom is -0.351 e. The summed E-state index contributed by atoms with van der Waals surface area (Å²) in [6.45, 7) is 5.43. The van der Waals surface area contributed by atoms with E-state index in [0.717, 1.165) is 10.4 Å². The lowest BCUT2D eigenvalue weighted by molar-refractivity contribution is -0.121. The standard InChI is InChI=1S/C11H14N6O2/c1-4-5-12-8(18)6-17-11(19)10-9(13-15-17)7(2)16(3)14-10/h4H,1,5-6H2,2-3H3,(H,12,18). The number of nitrogens with zero attached hydrogens (tertiary/aromatic N) is 5. The van der Waals surface area contributed by atoms with Crippen molar-refractivity contribution in [3.8, 4) is 0 Å². The number of nitrogens with one attached hydrogen (secondary N) is 1. The molecule has 2 aromatic rings. The zero-order valence-corrected chi connectivity index (χ0v) is 10.8. The van der Waals surface area contributed by atoms with Gasteiger partial charge in [0.05, 0.1) is 5.69 Å². The average Bonchev–Trinajstić information content (AvgIpc) is 2.68. The summed E-state index contributed by atoms with van der Waals surface area (Å²) >= 11 is 0. The first-order valence-corrected chi connectivity index (χ1v) is 5.69. The fourth-order valence-corrected chi connectivity index (χ4v) is 1.60. The summed E-state index contributed by atoms with van der Waals surface area (Å²) in [6.07, 6.45) is 1.55. The van der Waals surface area contributed by atoms with Gasteiger partial charge in [-0.1, -0.05) is 11.3 Å². The Bertz CT molecular complexity index is 699. The summed E-state index contributed by atoms with van der Waals surface area (Å²) in [5, 5.41) is 14.3. The molecule has 0 saturated heterocycles. The molecule has 0 spiro atoms. The molecule has 8 nitrogen and oxygen atoms in total. The van der Waals surface area contributed by atoms with E-state index in [1.54, 1.807) is 24.7 Å². The third-order valence-electron chi connectivity index (χ3n) is 2.73. The summed E-state index contributed by atoms with van der Waals surface area (Å²) in [7, 11) is 1.72. The van der Waals surface area contributed by atoms with Crippen LogP contribution >= 0.6 is 0 Å². The van der Waals surface area contributed by atoms with Gasteiger partial charge in [0.2, 0.25) is 5.91 Å². The summed E-state index contributed by atoms with van der Waals surface area (Å²) in [5.74, 6) is -0.330. The molecule has 1 N–H and O–H groups in total. The van der Waals surface area contributed by atoms with Crippen LogP contribution in [0.1, 0.15) is 5.69 Å². The Morgan fingerprint density at radius 3 is 2.89 bits per heavy atom. The maximum Gasteiger partial charge on any atom is 0.298 e. The third-order valence-corrected chi connectivity index (χ3v) is 2.73. The van der Waals surface area contributed by atoms with Crippen LogP contribution in [0.15, 0.2) is 17.4 Å². The minimum absolute atomic E-state index is 0.189. The Morgan fingerprint density at radius 2 is 2.21 bits per heavy atom. The monoisotopic (exact) mass is 262 g/mol. The third kappa shape index (κ3) is 2.37. The number of rotatable bonds is 4. The van der Waals surface area contributed by atoms with E-state index in [4.69, 9.17) is 0 Å². The number of carbonyl (C=O) groups is 1. The van der Waals surface area contributed by atoms with Crippen molar-refractivity contribution in [2.45, 2.75) is 13.5 Å². The van der Waals surface area contributed by atoms with Gasteiger partial charge in [-0.3, -0.25) is 14.3 Å². The average molecular weight is 262 g/mol. The van der Waals surface area contributed by atoms with Crippen molar-refractivity contribution < 1.29 is 4.79 Å². The molecular weight excluding hydrogens is 248 g/mol. The number of aryl methyl sites for hydroxylation is 2. The van der Waals surface area contributed by atoms with Gasteiger partial charge < -0.3 is 5.32 Å². The zero-order valence-electron chi connectivity index (χ0n) is 10.8.